The summed E-state index contributed by atoms with van der Waals surface area (Å²) in [5, 5.41) is 21.6. The van der Waals surface area contributed by atoms with Crippen molar-refractivity contribution in [1.29, 1.82) is 0 Å². The van der Waals surface area contributed by atoms with Crippen LogP contribution in [0.5, 0.6) is 11.6 Å². The summed E-state index contributed by atoms with van der Waals surface area (Å²) in [5.74, 6) is -1.03. The normalized spacial score (nSPS) is 12.3. The molecule has 0 radical (unpaired) electrons. The Balaban J connectivity index is 1.38. The third-order valence-electron chi connectivity index (χ3n) is 6.33. The summed E-state index contributed by atoms with van der Waals surface area (Å²) in [6.45, 7) is 1.74. The van der Waals surface area contributed by atoms with Crippen LogP contribution in [0, 0.1) is 0 Å². The van der Waals surface area contributed by atoms with E-state index >= 15 is 0 Å². The maximum absolute atomic E-state index is 13.3. The molecule has 0 amide bonds. The number of rotatable bonds is 14. The molecule has 0 aliphatic carbocycles. The third-order valence-corrected chi connectivity index (χ3v) is 6.33. The van der Waals surface area contributed by atoms with Crippen LogP contribution < -0.4 is 4.74 Å². The Hall–Kier alpha value is -4.50. The monoisotopic (exact) mass is 606 g/mol. The number of imidazole rings is 1. The summed E-state index contributed by atoms with van der Waals surface area (Å²) in [5.41, 5.74) is -0.353. The molecule has 15 heteroatoms. The largest absolute Gasteiger partial charge is 0.464 e. The highest BCUT2D eigenvalue weighted by Crippen LogP contribution is 2.37. The highest BCUT2D eigenvalue weighted by molar-refractivity contribution is 5.91. The molecule has 0 spiro atoms. The van der Waals surface area contributed by atoms with Gasteiger partial charge >= 0.3 is 18.1 Å². The summed E-state index contributed by atoms with van der Waals surface area (Å²) in [6.07, 6.45) is 0.720. The summed E-state index contributed by atoms with van der Waals surface area (Å²) >= 11 is 0. The lowest BCUT2D eigenvalue weighted by Gasteiger charge is -2.12. The van der Waals surface area contributed by atoms with E-state index in [4.69, 9.17) is 19.3 Å². The Labute approximate surface area is 243 Å². The van der Waals surface area contributed by atoms with Gasteiger partial charge in [-0.05, 0) is 49.4 Å². The second-order valence-electron chi connectivity index (χ2n) is 9.31. The van der Waals surface area contributed by atoms with Gasteiger partial charge in [-0.15, -0.1) is 0 Å². The van der Waals surface area contributed by atoms with E-state index in [1.165, 1.54) is 35.1 Å². The van der Waals surface area contributed by atoms with Crippen molar-refractivity contribution in [2.24, 2.45) is 0 Å². The molecule has 1 aromatic carbocycles. The highest BCUT2D eigenvalue weighted by Gasteiger charge is 2.38. The zero-order valence-corrected chi connectivity index (χ0v) is 23.0. The zero-order chi connectivity index (χ0) is 31.0. The molecule has 43 heavy (non-hydrogen) atoms. The van der Waals surface area contributed by atoms with E-state index in [2.05, 4.69) is 19.6 Å². The summed E-state index contributed by atoms with van der Waals surface area (Å²) in [6, 6.07) is 4.66. The van der Waals surface area contributed by atoms with Crippen LogP contribution in [0.25, 0.3) is 16.9 Å². The number of aliphatic hydroxyl groups excluding tert-OH is 2. The second-order valence-corrected chi connectivity index (χ2v) is 9.31. The van der Waals surface area contributed by atoms with Gasteiger partial charge in [-0.2, -0.15) is 13.2 Å². The smallest absolute Gasteiger partial charge is 0.437 e. The van der Waals surface area contributed by atoms with Crippen molar-refractivity contribution in [2.75, 3.05) is 19.8 Å². The summed E-state index contributed by atoms with van der Waals surface area (Å²) in [4.78, 5) is 32.8. The van der Waals surface area contributed by atoms with Crippen LogP contribution in [0.3, 0.4) is 0 Å². The minimum atomic E-state index is -4.73. The molecule has 0 aliphatic heterocycles. The lowest BCUT2D eigenvalue weighted by atomic mass is 10.0. The first kappa shape index (κ1) is 31.4. The predicted molar refractivity (Wildman–Crippen MR) is 142 cm³/mol. The van der Waals surface area contributed by atoms with E-state index in [0.29, 0.717) is 36.1 Å². The second kappa shape index (κ2) is 14.1. The Morgan fingerprint density at radius 2 is 1.91 bits per heavy atom. The molecule has 0 aliphatic rings. The molecule has 0 saturated heterocycles. The number of unbranched alkanes of at least 4 members (excludes halogenated alkanes) is 1. The fourth-order valence-electron chi connectivity index (χ4n) is 4.16. The first-order chi connectivity index (χ1) is 20.6. The van der Waals surface area contributed by atoms with Gasteiger partial charge in [-0.25, -0.2) is 19.6 Å². The minimum absolute atomic E-state index is 0.0178. The number of benzene rings is 1. The van der Waals surface area contributed by atoms with E-state index in [1.54, 1.807) is 6.07 Å². The van der Waals surface area contributed by atoms with Gasteiger partial charge in [-0.1, -0.05) is 12.1 Å². The topological polar surface area (TPSA) is 159 Å². The standard InChI is InChI=1S/C28H29F3N4O8/c1-2-17-14-18(7-8-19(17)26(38)40-12-5-13-41-27(39)22(37)6-3-4-11-36)43-25-24-33-15-21(35(24)10-9-32-25)20-16-42-34-23(20)28(29,30)31/h7-10,14-16,22,36-37H,2-6,11-13H2,1H3/t22-/m0/s1. The number of hydrogen-bond acceptors (Lipinski definition) is 11. The van der Waals surface area contributed by atoms with Gasteiger partial charge in [0.25, 0.3) is 5.88 Å². The quantitative estimate of drug-likeness (QED) is 0.155. The van der Waals surface area contributed by atoms with Crippen LogP contribution in [0.4, 0.5) is 13.2 Å². The molecular weight excluding hydrogens is 577 g/mol. The fraction of sp³-hybridized carbons (Fsp3) is 0.393. The van der Waals surface area contributed by atoms with E-state index in [1.807, 2.05) is 6.92 Å². The molecule has 3 heterocycles. The number of fused-ring (bicyclic) bond motifs is 1. The maximum Gasteiger partial charge on any atom is 0.437 e. The Bertz CT molecular complexity index is 1550. The summed E-state index contributed by atoms with van der Waals surface area (Å²) in [7, 11) is 0. The van der Waals surface area contributed by atoms with Crippen molar-refractivity contribution < 1.29 is 51.7 Å². The van der Waals surface area contributed by atoms with E-state index in [-0.39, 0.29) is 55.4 Å². The number of hydrogen-bond donors (Lipinski definition) is 2. The molecule has 2 N–H and O–H groups in total. The molecule has 0 bridgehead atoms. The zero-order valence-electron chi connectivity index (χ0n) is 23.0. The third kappa shape index (κ3) is 7.67. The van der Waals surface area contributed by atoms with Gasteiger partial charge in [-0.3, -0.25) is 4.40 Å². The Morgan fingerprint density at radius 3 is 2.65 bits per heavy atom. The first-order valence-electron chi connectivity index (χ1n) is 13.4. The Morgan fingerprint density at radius 1 is 1.12 bits per heavy atom. The number of aryl methyl sites for hydroxylation is 1. The van der Waals surface area contributed by atoms with Crippen molar-refractivity contribution in [3.05, 3.63) is 59.9 Å². The van der Waals surface area contributed by atoms with E-state index < -0.39 is 29.9 Å². The predicted octanol–water partition coefficient (Wildman–Crippen LogP) is 4.37. The number of alkyl halides is 3. The van der Waals surface area contributed by atoms with Gasteiger partial charge in [0.05, 0.1) is 36.2 Å². The molecule has 12 nitrogen and oxygen atoms in total. The van der Waals surface area contributed by atoms with Crippen LogP contribution >= 0.6 is 0 Å². The van der Waals surface area contributed by atoms with Gasteiger partial charge in [0.15, 0.2) is 11.8 Å². The molecular formula is C28H29F3N4O8. The van der Waals surface area contributed by atoms with Crippen LogP contribution in [-0.2, 0) is 26.9 Å². The number of halogens is 3. The SMILES string of the molecule is CCc1cc(Oc2nccn3c(-c4conc4C(F)(F)F)cnc23)ccc1C(=O)OCCCOC(=O)[C@@H](O)CCCCO. The number of ether oxygens (including phenoxy) is 3. The van der Waals surface area contributed by atoms with Crippen LogP contribution in [-0.4, -0.2) is 67.6 Å². The molecule has 1 atom stereocenters. The number of aromatic nitrogens is 4. The van der Waals surface area contributed by atoms with Crippen LogP contribution in [0.2, 0.25) is 0 Å². The number of nitrogens with zero attached hydrogens (tertiary/aromatic N) is 4. The van der Waals surface area contributed by atoms with Gasteiger partial charge < -0.3 is 28.9 Å². The van der Waals surface area contributed by atoms with Crippen molar-refractivity contribution in [2.45, 2.75) is 51.3 Å². The first-order valence-corrected chi connectivity index (χ1v) is 13.4. The van der Waals surface area contributed by atoms with Crippen molar-refractivity contribution in [3.8, 4) is 22.9 Å². The van der Waals surface area contributed by atoms with Gasteiger partial charge in [0.2, 0.25) is 5.65 Å². The molecule has 0 saturated carbocycles. The summed E-state index contributed by atoms with van der Waals surface area (Å²) < 4.78 is 62.2. The minimum Gasteiger partial charge on any atom is -0.464 e. The van der Waals surface area contributed by atoms with Crippen LogP contribution in [0.15, 0.2) is 47.6 Å². The molecule has 230 valence electrons. The van der Waals surface area contributed by atoms with Crippen molar-refractivity contribution >= 4 is 17.6 Å². The Kier molecular flexibility index (Phi) is 10.3. The number of carbonyl (C=O) groups is 2. The molecule has 3 aromatic heterocycles. The number of aliphatic hydroxyl groups is 2. The number of esters is 2. The van der Waals surface area contributed by atoms with Gasteiger partial charge in [0, 0.05) is 25.4 Å². The maximum atomic E-state index is 13.3. The molecule has 0 unspecified atom stereocenters. The van der Waals surface area contributed by atoms with E-state index in [9.17, 15) is 27.9 Å². The van der Waals surface area contributed by atoms with Crippen molar-refractivity contribution in [1.82, 2.24) is 19.5 Å². The van der Waals surface area contributed by atoms with Crippen LogP contribution in [0.1, 0.15) is 54.2 Å². The average molecular weight is 607 g/mol. The highest BCUT2D eigenvalue weighted by atomic mass is 19.4. The molecule has 4 rings (SSSR count). The number of carbonyl (C=O) groups excluding carboxylic acids is 2. The molecule has 4 aromatic rings. The van der Waals surface area contributed by atoms with Gasteiger partial charge in [0.1, 0.15) is 12.0 Å². The van der Waals surface area contributed by atoms with E-state index in [0.717, 1.165) is 6.26 Å². The lowest BCUT2D eigenvalue weighted by molar-refractivity contribution is -0.154. The molecule has 0 fully saturated rings. The average Bonchev–Trinajstić information content (AvgIpc) is 3.65. The fourth-order valence-corrected chi connectivity index (χ4v) is 4.16. The lowest BCUT2D eigenvalue weighted by Crippen LogP contribution is -2.24. The van der Waals surface area contributed by atoms with Crippen molar-refractivity contribution in [3.63, 3.8) is 0 Å².